The van der Waals surface area contributed by atoms with Gasteiger partial charge in [0, 0.05) is 18.8 Å². The standard InChI is InChI=1S/C12H17N5O3S/c1-8-6-9(2)17(15-8)5-3-4-16-11(20)13-14-12(16)21-7-10(18)19/h6H,3-5,7H2,1-2H3,(H,13,20)(H,18,19). The predicted octanol–water partition coefficient (Wildman–Crippen LogP) is 0.652. The molecule has 0 spiro atoms. The number of rotatable bonds is 7. The summed E-state index contributed by atoms with van der Waals surface area (Å²) in [5.74, 6) is -1.06. The van der Waals surface area contributed by atoms with Crippen molar-refractivity contribution in [3.05, 3.63) is 27.9 Å². The lowest BCUT2D eigenvalue weighted by molar-refractivity contribution is -0.133. The fourth-order valence-electron chi connectivity index (χ4n) is 2.02. The molecule has 2 rings (SSSR count). The van der Waals surface area contributed by atoms with Crippen LogP contribution in [-0.4, -0.2) is 41.4 Å². The van der Waals surface area contributed by atoms with Crippen molar-refractivity contribution in [2.24, 2.45) is 0 Å². The minimum Gasteiger partial charge on any atom is -0.481 e. The number of carboxylic acid groups (broad SMARTS) is 1. The summed E-state index contributed by atoms with van der Waals surface area (Å²) in [5, 5.41) is 19.6. The molecule has 0 saturated carbocycles. The van der Waals surface area contributed by atoms with E-state index in [0.29, 0.717) is 24.7 Å². The molecule has 8 nitrogen and oxygen atoms in total. The van der Waals surface area contributed by atoms with Crippen molar-refractivity contribution in [2.75, 3.05) is 5.75 Å². The first-order chi connectivity index (χ1) is 9.97. The van der Waals surface area contributed by atoms with Gasteiger partial charge in [-0.1, -0.05) is 11.8 Å². The van der Waals surface area contributed by atoms with Gasteiger partial charge in [-0.25, -0.2) is 9.89 Å². The zero-order valence-corrected chi connectivity index (χ0v) is 12.7. The second-order valence-corrected chi connectivity index (χ2v) is 5.59. The molecular weight excluding hydrogens is 294 g/mol. The van der Waals surface area contributed by atoms with Gasteiger partial charge in [0.2, 0.25) is 0 Å². The number of carboxylic acids is 1. The Morgan fingerprint density at radius 2 is 2.19 bits per heavy atom. The Hall–Kier alpha value is -2.03. The summed E-state index contributed by atoms with van der Waals surface area (Å²) in [7, 11) is 0. The van der Waals surface area contributed by atoms with Crippen molar-refractivity contribution in [1.82, 2.24) is 24.5 Å². The van der Waals surface area contributed by atoms with Crippen molar-refractivity contribution in [2.45, 2.75) is 38.5 Å². The van der Waals surface area contributed by atoms with Crippen LogP contribution in [0.3, 0.4) is 0 Å². The highest BCUT2D eigenvalue weighted by molar-refractivity contribution is 7.99. The van der Waals surface area contributed by atoms with Crippen LogP contribution < -0.4 is 5.69 Å². The van der Waals surface area contributed by atoms with Crippen LogP contribution in [0.2, 0.25) is 0 Å². The molecule has 9 heteroatoms. The molecule has 0 aliphatic rings. The van der Waals surface area contributed by atoms with E-state index in [4.69, 9.17) is 5.11 Å². The van der Waals surface area contributed by atoms with Crippen molar-refractivity contribution in [1.29, 1.82) is 0 Å². The molecule has 0 aliphatic heterocycles. The molecule has 0 aromatic carbocycles. The first-order valence-electron chi connectivity index (χ1n) is 6.48. The number of nitrogens with one attached hydrogen (secondary N) is 1. The molecule has 114 valence electrons. The first kappa shape index (κ1) is 15.4. The van der Waals surface area contributed by atoms with Gasteiger partial charge in [0.05, 0.1) is 11.4 Å². The van der Waals surface area contributed by atoms with Gasteiger partial charge in [0.1, 0.15) is 0 Å². The minimum absolute atomic E-state index is 0.123. The van der Waals surface area contributed by atoms with Crippen molar-refractivity contribution in [3.63, 3.8) is 0 Å². The molecule has 0 amide bonds. The van der Waals surface area contributed by atoms with Crippen LogP contribution in [0.25, 0.3) is 0 Å². The molecule has 2 N–H and O–H groups in total. The van der Waals surface area contributed by atoms with Crippen molar-refractivity contribution < 1.29 is 9.90 Å². The van der Waals surface area contributed by atoms with Crippen LogP contribution in [0, 0.1) is 13.8 Å². The van der Waals surface area contributed by atoms with E-state index in [-0.39, 0.29) is 11.4 Å². The zero-order valence-electron chi connectivity index (χ0n) is 11.9. The molecule has 2 heterocycles. The van der Waals surface area contributed by atoms with Gasteiger partial charge in [-0.05, 0) is 26.3 Å². The molecule has 0 radical (unpaired) electrons. The highest BCUT2D eigenvalue weighted by atomic mass is 32.2. The van der Waals surface area contributed by atoms with Gasteiger partial charge in [-0.2, -0.15) is 5.10 Å². The maximum atomic E-state index is 11.7. The molecule has 21 heavy (non-hydrogen) atoms. The first-order valence-corrected chi connectivity index (χ1v) is 7.47. The summed E-state index contributed by atoms with van der Waals surface area (Å²) in [4.78, 5) is 22.2. The quantitative estimate of drug-likeness (QED) is 0.727. The summed E-state index contributed by atoms with van der Waals surface area (Å²) >= 11 is 1.03. The summed E-state index contributed by atoms with van der Waals surface area (Å²) < 4.78 is 3.35. The summed E-state index contributed by atoms with van der Waals surface area (Å²) in [6.45, 7) is 5.08. The van der Waals surface area contributed by atoms with E-state index in [9.17, 15) is 9.59 Å². The lowest BCUT2D eigenvalue weighted by Gasteiger charge is -2.06. The number of aromatic amines is 1. The smallest absolute Gasteiger partial charge is 0.343 e. The second-order valence-electron chi connectivity index (χ2n) is 4.65. The number of hydrogen-bond acceptors (Lipinski definition) is 5. The van der Waals surface area contributed by atoms with Crippen LogP contribution in [0.5, 0.6) is 0 Å². The number of hydrogen-bond donors (Lipinski definition) is 2. The summed E-state index contributed by atoms with van der Waals surface area (Å²) in [6, 6.07) is 2.00. The molecule has 0 aliphatic carbocycles. The van der Waals surface area contributed by atoms with Crippen LogP contribution >= 0.6 is 11.8 Å². The minimum atomic E-state index is -0.940. The number of carbonyl (C=O) groups is 1. The van der Waals surface area contributed by atoms with Crippen LogP contribution in [0.15, 0.2) is 16.0 Å². The van der Waals surface area contributed by atoms with Crippen LogP contribution in [-0.2, 0) is 17.9 Å². The van der Waals surface area contributed by atoms with E-state index in [0.717, 1.165) is 23.1 Å². The topological polar surface area (TPSA) is 106 Å². The molecule has 0 saturated heterocycles. The normalized spacial score (nSPS) is 11.0. The Morgan fingerprint density at radius 3 is 2.81 bits per heavy atom. The highest BCUT2D eigenvalue weighted by Gasteiger charge is 2.11. The van der Waals surface area contributed by atoms with E-state index >= 15 is 0 Å². The molecule has 2 aromatic rings. The van der Waals surface area contributed by atoms with Gasteiger partial charge in [-0.3, -0.25) is 14.0 Å². The van der Waals surface area contributed by atoms with E-state index < -0.39 is 5.97 Å². The Morgan fingerprint density at radius 1 is 1.43 bits per heavy atom. The van der Waals surface area contributed by atoms with Gasteiger partial charge in [0.25, 0.3) is 0 Å². The third-order valence-electron chi connectivity index (χ3n) is 2.90. The highest BCUT2D eigenvalue weighted by Crippen LogP contribution is 2.13. The number of aliphatic carboxylic acids is 1. The second kappa shape index (κ2) is 6.61. The van der Waals surface area contributed by atoms with E-state index in [1.807, 2.05) is 24.6 Å². The maximum absolute atomic E-state index is 11.7. The Labute approximate surface area is 125 Å². The average molecular weight is 311 g/mol. The Balaban J connectivity index is 1.96. The number of aryl methyl sites for hydroxylation is 3. The average Bonchev–Trinajstić information content (AvgIpc) is 2.91. The third-order valence-corrected chi connectivity index (χ3v) is 3.86. The van der Waals surface area contributed by atoms with E-state index in [1.54, 1.807) is 0 Å². The lowest BCUT2D eigenvalue weighted by Crippen LogP contribution is -2.19. The summed E-state index contributed by atoms with van der Waals surface area (Å²) in [5.41, 5.74) is 1.72. The Bertz CT molecular complexity index is 687. The number of H-pyrrole nitrogens is 1. The van der Waals surface area contributed by atoms with Gasteiger partial charge in [0.15, 0.2) is 5.16 Å². The predicted molar refractivity (Wildman–Crippen MR) is 77.5 cm³/mol. The fourth-order valence-corrected chi connectivity index (χ4v) is 2.71. The molecule has 0 bridgehead atoms. The molecule has 0 atom stereocenters. The van der Waals surface area contributed by atoms with E-state index in [2.05, 4.69) is 15.3 Å². The van der Waals surface area contributed by atoms with Crippen molar-refractivity contribution in [3.8, 4) is 0 Å². The van der Waals surface area contributed by atoms with Crippen LogP contribution in [0.1, 0.15) is 17.8 Å². The number of thioether (sulfide) groups is 1. The molecule has 0 fully saturated rings. The van der Waals surface area contributed by atoms with Gasteiger partial charge in [-0.15, -0.1) is 5.10 Å². The monoisotopic (exact) mass is 311 g/mol. The molecular formula is C12H17N5O3S. The van der Waals surface area contributed by atoms with E-state index in [1.165, 1.54) is 4.57 Å². The largest absolute Gasteiger partial charge is 0.481 e. The third kappa shape index (κ3) is 3.97. The molecule has 0 unspecified atom stereocenters. The van der Waals surface area contributed by atoms with Crippen molar-refractivity contribution >= 4 is 17.7 Å². The lowest BCUT2D eigenvalue weighted by atomic mass is 10.4. The zero-order chi connectivity index (χ0) is 15.4. The number of aromatic nitrogens is 5. The SMILES string of the molecule is Cc1cc(C)n(CCCn2c(SCC(=O)O)n[nH]c2=O)n1. The number of nitrogens with zero attached hydrogens (tertiary/aromatic N) is 4. The van der Waals surface area contributed by atoms with Crippen LogP contribution in [0.4, 0.5) is 0 Å². The maximum Gasteiger partial charge on any atom is 0.343 e. The summed E-state index contributed by atoms with van der Waals surface area (Å²) in [6.07, 6.45) is 0.710. The van der Waals surface area contributed by atoms with Gasteiger partial charge >= 0.3 is 11.7 Å². The molecule has 2 aromatic heterocycles. The fraction of sp³-hybridized carbons (Fsp3) is 0.500. The Kier molecular flexibility index (Phi) is 4.84. The van der Waals surface area contributed by atoms with Gasteiger partial charge < -0.3 is 5.11 Å².